The van der Waals surface area contributed by atoms with Gasteiger partial charge in [0, 0.05) is 14.5 Å². The molecule has 0 radical (unpaired) electrons. The fraction of sp³-hybridized carbons (Fsp3) is 0.200. The first kappa shape index (κ1) is 21.7. The average molecular weight is 543 g/mol. The molecule has 2 amide bonds. The number of imide groups is 1. The Morgan fingerprint density at radius 3 is 2.69 bits per heavy atom. The quantitative estimate of drug-likeness (QED) is 0.496. The van der Waals surface area contributed by atoms with Crippen LogP contribution in [-0.4, -0.2) is 41.4 Å². The maximum atomic E-state index is 12.7. The van der Waals surface area contributed by atoms with E-state index < -0.39 is 5.91 Å². The molecule has 0 unspecified atom stereocenters. The van der Waals surface area contributed by atoms with Crippen molar-refractivity contribution in [2.24, 2.45) is 0 Å². The van der Waals surface area contributed by atoms with Gasteiger partial charge in [0.1, 0.15) is 12.4 Å². The van der Waals surface area contributed by atoms with Crippen LogP contribution in [0, 0.1) is 6.92 Å². The number of hydrogen-bond donors (Lipinski definition) is 1. The Labute approximate surface area is 189 Å². The van der Waals surface area contributed by atoms with Crippen molar-refractivity contribution in [2.45, 2.75) is 6.92 Å². The summed E-state index contributed by atoms with van der Waals surface area (Å²) in [6.07, 6.45) is 1.47. The fourth-order valence-electron chi connectivity index (χ4n) is 2.68. The van der Waals surface area contributed by atoms with E-state index in [9.17, 15) is 14.7 Å². The number of nitrogens with zero attached hydrogens (tertiary/aromatic N) is 1. The minimum absolute atomic E-state index is 0.128. The predicted octanol–water partition coefficient (Wildman–Crippen LogP) is 5.35. The molecule has 1 N–H and O–H groups in total. The number of aromatic hydroxyl groups is 1. The monoisotopic (exact) mass is 541 g/mol. The molecule has 0 atom stereocenters. The summed E-state index contributed by atoms with van der Waals surface area (Å²) in [5, 5.41) is 10.0. The van der Waals surface area contributed by atoms with Crippen molar-refractivity contribution in [1.29, 1.82) is 0 Å². The zero-order valence-corrected chi connectivity index (χ0v) is 19.6. The summed E-state index contributed by atoms with van der Waals surface area (Å²) in [5.74, 6) is 0.370. The number of phenols is 1. The Balaban J connectivity index is 1.76. The van der Waals surface area contributed by atoms with Gasteiger partial charge in [-0.15, -0.1) is 0 Å². The van der Waals surface area contributed by atoms with Gasteiger partial charge >= 0.3 is 0 Å². The second-order valence-electron chi connectivity index (χ2n) is 6.14. The number of amides is 2. The highest BCUT2D eigenvalue weighted by Crippen LogP contribution is 2.43. The van der Waals surface area contributed by atoms with Gasteiger partial charge in [-0.05, 0) is 80.4 Å². The molecule has 1 heterocycles. The zero-order valence-electron chi connectivity index (χ0n) is 15.6. The fourth-order valence-corrected chi connectivity index (χ4v) is 4.37. The number of rotatable bonds is 6. The molecule has 0 saturated carbocycles. The Morgan fingerprint density at radius 1 is 1.24 bits per heavy atom. The lowest BCUT2D eigenvalue weighted by Crippen LogP contribution is -2.32. The van der Waals surface area contributed by atoms with E-state index >= 15 is 0 Å². The van der Waals surface area contributed by atoms with E-state index in [4.69, 9.17) is 9.47 Å². The van der Waals surface area contributed by atoms with Crippen molar-refractivity contribution in [2.75, 3.05) is 20.3 Å². The van der Waals surface area contributed by atoms with Crippen molar-refractivity contribution < 1.29 is 24.2 Å². The number of phenolic OH excluding ortho intramolecular Hbond substituents is 1. The van der Waals surface area contributed by atoms with Gasteiger partial charge in [0.25, 0.3) is 11.1 Å². The van der Waals surface area contributed by atoms with E-state index in [-0.39, 0.29) is 34.8 Å². The van der Waals surface area contributed by atoms with Crippen molar-refractivity contribution in [3.63, 3.8) is 0 Å². The summed E-state index contributed by atoms with van der Waals surface area (Å²) in [6, 6.07) is 9.14. The molecule has 0 spiro atoms. The van der Waals surface area contributed by atoms with E-state index in [1.807, 2.05) is 31.2 Å². The molecule has 1 saturated heterocycles. The average Bonchev–Trinajstić information content (AvgIpc) is 2.95. The smallest absolute Gasteiger partial charge is 0.293 e. The largest absolute Gasteiger partial charge is 0.504 e. The van der Waals surface area contributed by atoms with Gasteiger partial charge in [-0.1, -0.05) is 12.1 Å². The van der Waals surface area contributed by atoms with Crippen LogP contribution < -0.4 is 9.47 Å². The minimum Gasteiger partial charge on any atom is -0.504 e. The molecule has 1 aliphatic heterocycles. The van der Waals surface area contributed by atoms with Gasteiger partial charge in [0.2, 0.25) is 0 Å². The second kappa shape index (κ2) is 9.23. The van der Waals surface area contributed by atoms with Crippen LogP contribution in [-0.2, 0) is 4.79 Å². The van der Waals surface area contributed by atoms with Gasteiger partial charge in [0.15, 0.2) is 11.5 Å². The zero-order chi connectivity index (χ0) is 21.1. The number of aryl methyl sites for hydroxylation is 1. The number of carbonyl (C=O) groups excluding carboxylic acids is 2. The van der Waals surface area contributed by atoms with Crippen molar-refractivity contribution in [1.82, 2.24) is 4.90 Å². The number of halogens is 2. The summed E-state index contributed by atoms with van der Waals surface area (Å²) in [7, 11) is 1.43. The van der Waals surface area contributed by atoms with Crippen LogP contribution in [0.25, 0.3) is 6.08 Å². The molecular formula is C20H17Br2NO5S. The summed E-state index contributed by atoms with van der Waals surface area (Å²) in [4.78, 5) is 26.3. The molecule has 3 rings (SSSR count). The van der Waals surface area contributed by atoms with Gasteiger partial charge in [0.05, 0.1) is 18.6 Å². The number of benzene rings is 2. The molecule has 152 valence electrons. The molecule has 29 heavy (non-hydrogen) atoms. The maximum Gasteiger partial charge on any atom is 0.293 e. The molecular weight excluding hydrogens is 526 g/mol. The van der Waals surface area contributed by atoms with Crippen LogP contribution in [0.4, 0.5) is 4.79 Å². The lowest BCUT2D eigenvalue weighted by molar-refractivity contribution is -0.123. The number of thioether (sulfide) groups is 1. The molecule has 1 aliphatic rings. The van der Waals surface area contributed by atoms with E-state index in [0.29, 0.717) is 20.3 Å². The highest BCUT2D eigenvalue weighted by molar-refractivity contribution is 9.13. The molecule has 2 aromatic rings. The van der Waals surface area contributed by atoms with Gasteiger partial charge in [-0.2, -0.15) is 0 Å². The van der Waals surface area contributed by atoms with Crippen molar-refractivity contribution in [3.05, 3.63) is 55.3 Å². The van der Waals surface area contributed by atoms with Crippen LogP contribution in [0.3, 0.4) is 0 Å². The second-order valence-corrected chi connectivity index (χ2v) is 8.78. The number of methoxy groups -OCH3 is 1. The number of ether oxygens (including phenoxy) is 2. The molecule has 0 bridgehead atoms. The highest BCUT2D eigenvalue weighted by Gasteiger charge is 2.35. The third-order valence-electron chi connectivity index (χ3n) is 4.13. The van der Waals surface area contributed by atoms with Crippen LogP contribution >= 0.6 is 43.6 Å². The van der Waals surface area contributed by atoms with E-state index in [1.54, 1.807) is 6.07 Å². The first-order valence-electron chi connectivity index (χ1n) is 8.51. The Kier molecular flexibility index (Phi) is 6.92. The molecule has 9 heteroatoms. The molecule has 0 aromatic heterocycles. The maximum absolute atomic E-state index is 12.7. The third-order valence-corrected chi connectivity index (χ3v) is 7.05. The summed E-state index contributed by atoms with van der Waals surface area (Å²) >= 11 is 7.56. The van der Waals surface area contributed by atoms with Crippen LogP contribution in [0.1, 0.15) is 11.1 Å². The first-order chi connectivity index (χ1) is 13.8. The Bertz CT molecular complexity index is 1010. The molecule has 0 aliphatic carbocycles. The van der Waals surface area contributed by atoms with Crippen molar-refractivity contribution >= 4 is 60.8 Å². The lowest BCUT2D eigenvalue weighted by atomic mass is 10.1. The first-order valence-corrected chi connectivity index (χ1v) is 10.9. The summed E-state index contributed by atoms with van der Waals surface area (Å²) in [5.41, 5.74) is 1.41. The normalized spacial score (nSPS) is 15.3. The molecule has 1 fully saturated rings. The van der Waals surface area contributed by atoms with Gasteiger partial charge in [-0.25, -0.2) is 0 Å². The highest BCUT2D eigenvalue weighted by atomic mass is 79.9. The number of hydrogen-bond acceptors (Lipinski definition) is 6. The van der Waals surface area contributed by atoms with Crippen LogP contribution in [0.5, 0.6) is 17.2 Å². The van der Waals surface area contributed by atoms with E-state index in [0.717, 1.165) is 22.2 Å². The summed E-state index contributed by atoms with van der Waals surface area (Å²) in [6.45, 7) is 2.28. The SMILES string of the molecule is COc1cc(Br)c(Br)c(/C=C2\SC(=O)N(CCOc3cccc(C)c3)C2=O)c1O. The van der Waals surface area contributed by atoms with Crippen molar-refractivity contribution in [3.8, 4) is 17.2 Å². The van der Waals surface area contributed by atoms with Gasteiger partial charge < -0.3 is 14.6 Å². The van der Waals surface area contributed by atoms with E-state index in [2.05, 4.69) is 31.9 Å². The lowest BCUT2D eigenvalue weighted by Gasteiger charge is -2.13. The Morgan fingerprint density at radius 2 is 2.00 bits per heavy atom. The van der Waals surface area contributed by atoms with Crippen LogP contribution in [0.2, 0.25) is 0 Å². The Hall–Kier alpha value is -1.97. The molecule has 2 aromatic carbocycles. The number of carbonyl (C=O) groups is 2. The minimum atomic E-state index is -0.432. The standard InChI is InChI=1S/C20H17Br2NO5S/c1-11-4-3-5-12(8-11)28-7-6-23-19(25)16(29-20(23)26)9-13-17(22)14(21)10-15(27-2)18(13)24/h3-5,8-10,24H,6-7H2,1-2H3/b16-9-. The van der Waals surface area contributed by atoms with Gasteiger partial charge in [-0.3, -0.25) is 14.5 Å². The third kappa shape index (κ3) is 4.79. The van der Waals surface area contributed by atoms with Crippen LogP contribution in [0.15, 0.2) is 44.2 Å². The van der Waals surface area contributed by atoms with E-state index in [1.165, 1.54) is 13.2 Å². The molecule has 6 nitrogen and oxygen atoms in total. The topological polar surface area (TPSA) is 76.1 Å². The predicted molar refractivity (Wildman–Crippen MR) is 119 cm³/mol. The summed E-state index contributed by atoms with van der Waals surface area (Å²) < 4.78 is 12.0.